The fourth-order valence-electron chi connectivity index (χ4n) is 2.27. The highest BCUT2D eigenvalue weighted by Gasteiger charge is 2.42. The molecule has 0 aromatic carbocycles. The molecule has 1 heterocycles. The van der Waals surface area contributed by atoms with Gasteiger partial charge in [0.2, 0.25) is 0 Å². The number of aliphatic hydroxyl groups is 1. The fraction of sp³-hybridized carbons (Fsp3) is 0.941. The van der Waals surface area contributed by atoms with Crippen molar-refractivity contribution in [1.82, 2.24) is 4.90 Å². The lowest BCUT2D eigenvalue weighted by atomic mass is 10.1. The fourth-order valence-corrected chi connectivity index (χ4v) is 3.61. The molecule has 0 aromatic heterocycles. The van der Waals surface area contributed by atoms with Gasteiger partial charge in [-0.3, -0.25) is 0 Å². The van der Waals surface area contributed by atoms with Crippen molar-refractivity contribution in [2.24, 2.45) is 0 Å². The monoisotopic (exact) mass is 345 g/mol. The van der Waals surface area contributed by atoms with Crippen LogP contribution in [0.4, 0.5) is 4.79 Å². The van der Waals surface area contributed by atoms with Gasteiger partial charge in [0.05, 0.1) is 18.8 Å². The van der Waals surface area contributed by atoms with Crippen LogP contribution in [0.15, 0.2) is 0 Å². The number of rotatable bonds is 2. The summed E-state index contributed by atoms with van der Waals surface area (Å²) in [5, 5.41) is 10.5. The minimum Gasteiger partial charge on any atom is -0.444 e. The number of hydrogen-bond acceptors (Lipinski definition) is 4. The van der Waals surface area contributed by atoms with Crippen molar-refractivity contribution in [3.63, 3.8) is 0 Å². The first-order valence-corrected chi connectivity index (χ1v) is 11.5. The molecule has 1 aliphatic heterocycles. The van der Waals surface area contributed by atoms with Crippen molar-refractivity contribution in [2.45, 2.75) is 90.3 Å². The van der Waals surface area contributed by atoms with Crippen LogP contribution in [0.2, 0.25) is 18.1 Å². The number of ether oxygens (including phenoxy) is 1. The third kappa shape index (κ3) is 6.08. The Morgan fingerprint density at radius 1 is 1.17 bits per heavy atom. The van der Waals surface area contributed by atoms with Gasteiger partial charge in [-0.05, 0) is 51.7 Å². The molecule has 1 aliphatic rings. The number of aliphatic hydroxyl groups excluding tert-OH is 1. The van der Waals surface area contributed by atoms with Crippen LogP contribution in [0.1, 0.15) is 54.4 Å². The van der Waals surface area contributed by atoms with Gasteiger partial charge in [0.1, 0.15) is 5.60 Å². The first kappa shape index (κ1) is 20.5. The molecule has 0 aliphatic carbocycles. The van der Waals surface area contributed by atoms with Gasteiger partial charge in [-0.1, -0.05) is 20.8 Å². The minimum absolute atomic E-state index is 0.0653. The summed E-state index contributed by atoms with van der Waals surface area (Å²) >= 11 is 0. The number of amides is 1. The summed E-state index contributed by atoms with van der Waals surface area (Å²) in [6, 6.07) is 0. The van der Waals surface area contributed by atoms with Gasteiger partial charge in [-0.2, -0.15) is 0 Å². The standard InChI is InChI=1S/C17H35NO4Si/c1-16(2,3)21-15(20)18-11-9-10-13(19)14(12-18)22-23(7,8)17(4,5)6/h13-14,19H,9-12H2,1-8H3/t13-,14-/m1/s1. The highest BCUT2D eigenvalue weighted by molar-refractivity contribution is 6.74. The quantitative estimate of drug-likeness (QED) is 0.774. The summed E-state index contributed by atoms with van der Waals surface area (Å²) in [7, 11) is -2.01. The van der Waals surface area contributed by atoms with E-state index in [1.54, 1.807) is 4.90 Å². The Hall–Kier alpha value is -0.593. The van der Waals surface area contributed by atoms with Gasteiger partial charge >= 0.3 is 6.09 Å². The Morgan fingerprint density at radius 3 is 2.22 bits per heavy atom. The van der Waals surface area contributed by atoms with Crippen LogP contribution in [0.3, 0.4) is 0 Å². The number of hydrogen-bond donors (Lipinski definition) is 1. The second kappa shape index (κ2) is 7.11. The highest BCUT2D eigenvalue weighted by atomic mass is 28.4. The van der Waals surface area contributed by atoms with E-state index in [1.807, 2.05) is 20.8 Å². The largest absolute Gasteiger partial charge is 0.444 e. The topological polar surface area (TPSA) is 59.0 Å². The van der Waals surface area contributed by atoms with Crippen LogP contribution < -0.4 is 0 Å². The van der Waals surface area contributed by atoms with Crippen molar-refractivity contribution in [3.8, 4) is 0 Å². The Balaban J connectivity index is 2.84. The highest BCUT2D eigenvalue weighted by Crippen LogP contribution is 2.38. The molecule has 136 valence electrons. The lowest BCUT2D eigenvalue weighted by molar-refractivity contribution is -0.00105. The van der Waals surface area contributed by atoms with E-state index >= 15 is 0 Å². The predicted molar refractivity (Wildman–Crippen MR) is 95.1 cm³/mol. The van der Waals surface area contributed by atoms with Crippen molar-refractivity contribution in [1.29, 1.82) is 0 Å². The van der Waals surface area contributed by atoms with Gasteiger partial charge in [0.15, 0.2) is 8.32 Å². The van der Waals surface area contributed by atoms with Gasteiger partial charge in [-0.25, -0.2) is 4.79 Å². The molecule has 0 bridgehead atoms. The molecule has 1 amide bonds. The van der Waals surface area contributed by atoms with Gasteiger partial charge in [-0.15, -0.1) is 0 Å². The van der Waals surface area contributed by atoms with Gasteiger partial charge in [0, 0.05) is 6.54 Å². The summed E-state index contributed by atoms with van der Waals surface area (Å²) < 4.78 is 11.9. The zero-order valence-corrected chi connectivity index (χ0v) is 17.1. The Kier molecular flexibility index (Phi) is 6.32. The number of carbonyl (C=O) groups is 1. The average molecular weight is 346 g/mol. The normalized spacial score (nSPS) is 24.3. The zero-order chi connectivity index (χ0) is 18.1. The Morgan fingerprint density at radius 2 is 1.74 bits per heavy atom. The number of nitrogens with zero attached hydrogens (tertiary/aromatic N) is 1. The summed E-state index contributed by atoms with van der Waals surface area (Å²) in [5.41, 5.74) is -0.516. The molecule has 2 atom stereocenters. The molecule has 6 heteroatoms. The van der Waals surface area contributed by atoms with Crippen LogP contribution >= 0.6 is 0 Å². The third-order valence-electron chi connectivity index (χ3n) is 4.66. The van der Waals surface area contributed by atoms with E-state index in [0.717, 1.165) is 6.42 Å². The molecule has 1 N–H and O–H groups in total. The minimum atomic E-state index is -2.01. The second-order valence-corrected chi connectivity index (χ2v) is 13.8. The zero-order valence-electron chi connectivity index (χ0n) is 16.1. The maximum Gasteiger partial charge on any atom is 0.410 e. The molecule has 23 heavy (non-hydrogen) atoms. The van der Waals surface area contributed by atoms with Crippen molar-refractivity contribution in [3.05, 3.63) is 0 Å². The van der Waals surface area contributed by atoms with Crippen molar-refractivity contribution >= 4 is 14.4 Å². The Bertz CT molecular complexity index is 412. The Labute approximate surface area is 142 Å². The lowest BCUT2D eigenvalue weighted by Gasteiger charge is -2.41. The van der Waals surface area contributed by atoms with Crippen LogP contribution in [0, 0.1) is 0 Å². The number of carbonyl (C=O) groups excluding carboxylic acids is 1. The van der Waals surface area contributed by atoms with Crippen molar-refractivity contribution < 1.29 is 19.1 Å². The van der Waals surface area contributed by atoms with E-state index in [2.05, 4.69) is 33.9 Å². The summed E-state index contributed by atoms with van der Waals surface area (Å²) in [6.07, 6.45) is 0.217. The summed E-state index contributed by atoms with van der Waals surface area (Å²) in [6.45, 7) is 17.4. The smallest absolute Gasteiger partial charge is 0.410 e. The molecule has 5 nitrogen and oxygen atoms in total. The molecule has 1 fully saturated rings. The van der Waals surface area contributed by atoms with E-state index in [-0.39, 0.29) is 17.2 Å². The molecular formula is C17H35NO4Si. The molecule has 0 unspecified atom stereocenters. The van der Waals surface area contributed by atoms with Gasteiger partial charge in [0.25, 0.3) is 0 Å². The molecule has 1 saturated heterocycles. The maximum absolute atomic E-state index is 12.4. The molecule has 0 spiro atoms. The first-order valence-electron chi connectivity index (χ1n) is 8.57. The third-order valence-corrected chi connectivity index (χ3v) is 9.17. The van der Waals surface area contributed by atoms with E-state index in [9.17, 15) is 9.90 Å². The van der Waals surface area contributed by atoms with Crippen LogP contribution in [0.5, 0.6) is 0 Å². The average Bonchev–Trinajstić information content (AvgIpc) is 2.48. The first-order chi connectivity index (χ1) is 10.2. The van der Waals surface area contributed by atoms with E-state index < -0.39 is 20.0 Å². The van der Waals surface area contributed by atoms with E-state index in [0.29, 0.717) is 19.5 Å². The van der Waals surface area contributed by atoms with Crippen LogP contribution in [-0.2, 0) is 9.16 Å². The number of likely N-dealkylation sites (tertiary alicyclic amines) is 1. The second-order valence-electron chi connectivity index (χ2n) is 9.05. The molecular weight excluding hydrogens is 310 g/mol. The van der Waals surface area contributed by atoms with Crippen molar-refractivity contribution in [2.75, 3.05) is 13.1 Å². The van der Waals surface area contributed by atoms with E-state index in [4.69, 9.17) is 9.16 Å². The maximum atomic E-state index is 12.4. The summed E-state index contributed by atoms with van der Waals surface area (Å²) in [5.74, 6) is 0. The lowest BCUT2D eigenvalue weighted by Crippen LogP contribution is -2.51. The molecule has 0 aromatic rings. The SMILES string of the molecule is CC(C)(C)OC(=O)N1CCC[C@@H](O)[C@H](O[Si](C)(C)C(C)(C)C)C1. The van der Waals surface area contributed by atoms with Crippen LogP contribution in [0.25, 0.3) is 0 Å². The summed E-state index contributed by atoms with van der Waals surface area (Å²) in [4.78, 5) is 14.0. The van der Waals surface area contributed by atoms with Gasteiger partial charge < -0.3 is 19.2 Å². The van der Waals surface area contributed by atoms with Crippen LogP contribution in [-0.4, -0.2) is 55.3 Å². The van der Waals surface area contributed by atoms with E-state index in [1.165, 1.54) is 0 Å². The predicted octanol–water partition coefficient (Wildman–Crippen LogP) is 3.77. The molecule has 0 radical (unpaired) electrons. The molecule has 1 rings (SSSR count). The molecule has 0 saturated carbocycles.